The first-order valence-corrected chi connectivity index (χ1v) is 5.62. The van der Waals surface area contributed by atoms with Gasteiger partial charge >= 0.3 is 0 Å². The topological polar surface area (TPSA) is 102 Å². The number of hydrogen-bond donors (Lipinski definition) is 2. The van der Waals surface area contributed by atoms with Gasteiger partial charge in [-0.15, -0.1) is 0 Å². The summed E-state index contributed by atoms with van der Waals surface area (Å²) < 4.78 is 1.29. The van der Waals surface area contributed by atoms with E-state index >= 15 is 0 Å². The van der Waals surface area contributed by atoms with E-state index in [1.165, 1.54) is 10.9 Å². The van der Waals surface area contributed by atoms with Gasteiger partial charge in [0, 0.05) is 13.1 Å². The third-order valence-electron chi connectivity index (χ3n) is 2.40. The van der Waals surface area contributed by atoms with E-state index in [0.717, 1.165) is 6.21 Å². The van der Waals surface area contributed by atoms with Crippen LogP contribution in [0.15, 0.2) is 46.6 Å². The van der Waals surface area contributed by atoms with Crippen LogP contribution in [-0.2, 0) is 11.8 Å². The fraction of sp³-hybridized carbons (Fsp3) is 0.0769. The maximum absolute atomic E-state index is 11.7. The third kappa shape index (κ3) is 3.00. The summed E-state index contributed by atoms with van der Waals surface area (Å²) in [5, 5.41) is 6.35. The van der Waals surface area contributed by atoms with Crippen molar-refractivity contribution < 1.29 is 9.59 Å². The maximum atomic E-state index is 11.7. The van der Waals surface area contributed by atoms with Crippen LogP contribution < -0.4 is 11.1 Å². The predicted molar refractivity (Wildman–Crippen MR) is 73.1 cm³/mol. The fourth-order valence-electron chi connectivity index (χ4n) is 1.54. The van der Waals surface area contributed by atoms with E-state index in [1.807, 2.05) is 0 Å². The highest BCUT2D eigenvalue weighted by Crippen LogP contribution is 2.12. The summed E-state index contributed by atoms with van der Waals surface area (Å²) in [5.41, 5.74) is 11.6. The fourth-order valence-corrected chi connectivity index (χ4v) is 1.54. The van der Waals surface area contributed by atoms with Crippen molar-refractivity contribution in [1.29, 1.82) is 0 Å². The molecule has 0 unspecified atom stereocenters. The summed E-state index contributed by atoms with van der Waals surface area (Å²) in [6.45, 7) is 0. The summed E-state index contributed by atoms with van der Waals surface area (Å²) in [6.07, 6.45) is 7.34. The van der Waals surface area contributed by atoms with Crippen LogP contribution >= 0.6 is 0 Å². The Kier molecular flexibility index (Phi) is 3.77. The zero-order chi connectivity index (χ0) is 14.5. The number of aliphatic imine (C=N–C) groups is 1. The van der Waals surface area contributed by atoms with Gasteiger partial charge in [0.15, 0.2) is 0 Å². The molecule has 0 bridgehead atoms. The Morgan fingerprint density at radius 1 is 1.50 bits per heavy atom. The Morgan fingerprint density at radius 2 is 2.30 bits per heavy atom. The second-order valence-corrected chi connectivity index (χ2v) is 3.83. The molecule has 1 heterocycles. The summed E-state index contributed by atoms with van der Waals surface area (Å²) in [6, 6.07) is 0. The number of rotatable bonds is 4. The molecule has 2 rings (SSSR count). The number of aryl methyl sites for hydroxylation is 1. The zero-order valence-electron chi connectivity index (χ0n) is 10.6. The molecular weight excluding hydrogens is 258 g/mol. The molecule has 0 saturated heterocycles. The molecule has 1 aliphatic rings. The van der Waals surface area contributed by atoms with Crippen LogP contribution in [0.4, 0.5) is 5.69 Å². The van der Waals surface area contributed by atoms with Crippen molar-refractivity contribution >= 4 is 23.7 Å². The van der Waals surface area contributed by atoms with Crippen LogP contribution in [0.25, 0.3) is 0 Å². The molecule has 0 saturated carbocycles. The quantitative estimate of drug-likeness (QED) is 0.606. The van der Waals surface area contributed by atoms with Gasteiger partial charge in [0.25, 0.3) is 11.8 Å². The Balaban J connectivity index is 2.07. The molecule has 7 heteroatoms. The number of nitrogens with zero attached hydrogens (tertiary/aromatic N) is 3. The number of nitrogens with two attached hydrogens (primary N) is 1. The zero-order valence-corrected chi connectivity index (χ0v) is 10.6. The van der Waals surface area contributed by atoms with Crippen molar-refractivity contribution in [2.24, 2.45) is 17.8 Å². The van der Waals surface area contributed by atoms with E-state index in [0.29, 0.717) is 5.70 Å². The maximum Gasteiger partial charge on any atom is 0.269 e. The summed E-state index contributed by atoms with van der Waals surface area (Å²) in [5.74, 6) is -1.17. The first-order valence-electron chi connectivity index (χ1n) is 5.62. The lowest BCUT2D eigenvalue weighted by atomic mass is 10.3. The minimum Gasteiger partial charge on any atom is -0.364 e. The van der Waals surface area contributed by atoms with Crippen molar-refractivity contribution in [1.82, 2.24) is 9.78 Å². The van der Waals surface area contributed by atoms with E-state index in [-0.39, 0.29) is 11.4 Å². The standard InChI is InChI=1S/C13H11N5O2/c1-18-12(13(14)20)10(7-16-18)17-11(19)8-15-9-5-3-2-4-6-9/h3,5-8H,1H3,(H2,14,20)(H,17,19)/b15-8+. The lowest BCUT2D eigenvalue weighted by Gasteiger charge is -2.02. The monoisotopic (exact) mass is 269 g/mol. The van der Waals surface area contributed by atoms with Gasteiger partial charge in [0.1, 0.15) is 5.69 Å². The van der Waals surface area contributed by atoms with Crippen LogP contribution in [0.2, 0.25) is 0 Å². The predicted octanol–water partition coefficient (Wildman–Crippen LogP) is 0.292. The summed E-state index contributed by atoms with van der Waals surface area (Å²) in [7, 11) is 1.56. The van der Waals surface area contributed by atoms with E-state index in [4.69, 9.17) is 5.73 Å². The van der Waals surface area contributed by atoms with Gasteiger partial charge in [-0.1, -0.05) is 11.5 Å². The lowest BCUT2D eigenvalue weighted by molar-refractivity contribution is -0.109. The van der Waals surface area contributed by atoms with Crippen LogP contribution in [0.3, 0.4) is 0 Å². The van der Waals surface area contributed by atoms with E-state index in [1.54, 1.807) is 25.3 Å². The van der Waals surface area contributed by atoms with Crippen LogP contribution in [0.1, 0.15) is 10.5 Å². The minimum absolute atomic E-state index is 0.120. The van der Waals surface area contributed by atoms with Gasteiger partial charge in [-0.05, 0) is 12.2 Å². The van der Waals surface area contributed by atoms with Crippen molar-refractivity contribution in [3.8, 4) is 0 Å². The number of nitrogens with one attached hydrogen (secondary N) is 1. The second kappa shape index (κ2) is 5.67. The van der Waals surface area contributed by atoms with Crippen LogP contribution in [0.5, 0.6) is 0 Å². The SMILES string of the molecule is Cn1ncc(NC(=O)/C=N/C2=CC=C=C=C2)c1C(N)=O. The molecule has 3 N–H and O–H groups in total. The van der Waals surface area contributed by atoms with Crippen molar-refractivity contribution in [2.75, 3.05) is 5.32 Å². The number of primary amides is 1. The molecule has 20 heavy (non-hydrogen) atoms. The molecule has 100 valence electrons. The Bertz CT molecular complexity index is 726. The number of anilines is 1. The van der Waals surface area contributed by atoms with Crippen LogP contribution in [-0.4, -0.2) is 27.8 Å². The average molecular weight is 269 g/mol. The Hall–Kier alpha value is -3.14. The van der Waals surface area contributed by atoms with E-state index in [2.05, 4.69) is 26.9 Å². The molecule has 0 aromatic carbocycles. The third-order valence-corrected chi connectivity index (χ3v) is 2.40. The van der Waals surface area contributed by atoms with Crippen molar-refractivity contribution in [3.05, 3.63) is 47.3 Å². The average Bonchev–Trinajstić information content (AvgIpc) is 2.78. The first kappa shape index (κ1) is 13.3. The largest absolute Gasteiger partial charge is 0.364 e. The molecule has 0 aliphatic heterocycles. The normalized spacial score (nSPS) is 12.8. The molecule has 0 radical (unpaired) electrons. The highest BCUT2D eigenvalue weighted by molar-refractivity contribution is 6.32. The summed E-state index contributed by atoms with van der Waals surface area (Å²) in [4.78, 5) is 26.9. The van der Waals surface area contributed by atoms with Crippen LogP contribution in [0, 0.1) is 0 Å². The number of allylic oxidation sites excluding steroid dienone is 3. The highest BCUT2D eigenvalue weighted by Gasteiger charge is 2.15. The molecule has 1 aromatic rings. The lowest BCUT2D eigenvalue weighted by Crippen LogP contribution is -2.20. The molecule has 1 aromatic heterocycles. The Morgan fingerprint density at radius 3 is 2.95 bits per heavy atom. The smallest absolute Gasteiger partial charge is 0.269 e. The van der Waals surface area contributed by atoms with E-state index < -0.39 is 11.8 Å². The minimum atomic E-state index is -0.676. The number of carbonyl (C=O) groups is 2. The molecular formula is C13H11N5O2. The molecule has 2 amide bonds. The van der Waals surface area contributed by atoms with Crippen molar-refractivity contribution in [2.45, 2.75) is 0 Å². The second-order valence-electron chi connectivity index (χ2n) is 3.83. The van der Waals surface area contributed by atoms with Gasteiger partial charge in [-0.25, -0.2) is 0 Å². The number of carbonyl (C=O) groups excluding carboxylic acids is 2. The molecule has 0 atom stereocenters. The van der Waals surface area contributed by atoms with Gasteiger partial charge in [0.05, 0.1) is 23.8 Å². The first-order chi connectivity index (χ1) is 9.58. The van der Waals surface area contributed by atoms with Gasteiger partial charge in [-0.2, -0.15) is 5.10 Å². The van der Waals surface area contributed by atoms with E-state index in [9.17, 15) is 9.59 Å². The number of aromatic nitrogens is 2. The highest BCUT2D eigenvalue weighted by atomic mass is 16.2. The molecule has 0 fully saturated rings. The van der Waals surface area contributed by atoms with Gasteiger partial charge in [0.2, 0.25) is 0 Å². The summed E-state index contributed by atoms with van der Waals surface area (Å²) >= 11 is 0. The molecule has 7 nitrogen and oxygen atoms in total. The van der Waals surface area contributed by atoms with Gasteiger partial charge < -0.3 is 11.1 Å². The molecule has 1 aliphatic carbocycles. The number of hydrogen-bond acceptors (Lipinski definition) is 4. The molecule has 0 spiro atoms. The van der Waals surface area contributed by atoms with Crippen molar-refractivity contribution in [3.63, 3.8) is 0 Å². The van der Waals surface area contributed by atoms with Gasteiger partial charge in [-0.3, -0.25) is 19.3 Å². The Labute approximate surface area is 114 Å². The number of amides is 2.